The molecule has 1 heterocycles. The maximum absolute atomic E-state index is 13.6. The Hall–Kier alpha value is -3.42. The van der Waals surface area contributed by atoms with Crippen molar-refractivity contribution in [3.63, 3.8) is 0 Å². The average molecular weight is 344 g/mol. The molecule has 25 heavy (non-hydrogen) atoms. The van der Waals surface area contributed by atoms with Crippen LogP contribution in [0.15, 0.2) is 54.9 Å². The van der Waals surface area contributed by atoms with Crippen LogP contribution in [0.4, 0.5) is 30.4 Å². The van der Waals surface area contributed by atoms with E-state index < -0.39 is 29.0 Å². The van der Waals surface area contributed by atoms with Crippen LogP contribution in [-0.2, 0) is 0 Å². The van der Waals surface area contributed by atoms with Gasteiger partial charge in [-0.3, -0.25) is 4.79 Å². The van der Waals surface area contributed by atoms with E-state index in [9.17, 15) is 18.0 Å². The van der Waals surface area contributed by atoms with Crippen LogP contribution in [-0.4, -0.2) is 15.9 Å². The summed E-state index contributed by atoms with van der Waals surface area (Å²) in [5, 5.41) is 4.94. The van der Waals surface area contributed by atoms with Crippen molar-refractivity contribution in [2.75, 3.05) is 10.6 Å². The number of rotatable bonds is 4. The zero-order valence-electron chi connectivity index (χ0n) is 12.6. The topological polar surface area (TPSA) is 66.9 Å². The van der Waals surface area contributed by atoms with Gasteiger partial charge in [0, 0.05) is 11.8 Å². The number of carbonyl (C=O) groups excluding carboxylic acids is 1. The van der Waals surface area contributed by atoms with E-state index in [0.717, 1.165) is 18.5 Å². The number of aromatic nitrogens is 2. The summed E-state index contributed by atoms with van der Waals surface area (Å²) in [6.45, 7) is 0. The van der Waals surface area contributed by atoms with Gasteiger partial charge in [0.05, 0.1) is 0 Å². The Morgan fingerprint density at radius 3 is 2.36 bits per heavy atom. The fourth-order valence-corrected chi connectivity index (χ4v) is 2.06. The van der Waals surface area contributed by atoms with Crippen LogP contribution in [0.2, 0.25) is 0 Å². The second-order valence-corrected chi connectivity index (χ2v) is 4.97. The van der Waals surface area contributed by atoms with Crippen LogP contribution in [0.1, 0.15) is 10.5 Å². The Balaban J connectivity index is 1.80. The van der Waals surface area contributed by atoms with Crippen LogP contribution in [0.25, 0.3) is 0 Å². The maximum atomic E-state index is 13.6. The molecule has 0 bridgehead atoms. The predicted octanol–water partition coefficient (Wildman–Crippen LogP) is 3.89. The van der Waals surface area contributed by atoms with Crippen molar-refractivity contribution >= 4 is 23.1 Å². The highest BCUT2D eigenvalue weighted by atomic mass is 19.1. The van der Waals surface area contributed by atoms with E-state index in [1.165, 1.54) is 30.3 Å². The maximum Gasteiger partial charge on any atom is 0.274 e. The highest BCUT2D eigenvalue weighted by molar-refractivity contribution is 6.03. The summed E-state index contributed by atoms with van der Waals surface area (Å²) >= 11 is 0. The molecule has 0 saturated carbocycles. The molecule has 8 heteroatoms. The van der Waals surface area contributed by atoms with E-state index in [2.05, 4.69) is 20.6 Å². The first-order chi connectivity index (χ1) is 12.0. The van der Waals surface area contributed by atoms with Crippen LogP contribution < -0.4 is 10.6 Å². The number of benzene rings is 2. The summed E-state index contributed by atoms with van der Waals surface area (Å²) < 4.78 is 40.4. The normalized spacial score (nSPS) is 10.4. The van der Waals surface area contributed by atoms with Crippen LogP contribution in [0.3, 0.4) is 0 Å². The first-order valence-corrected chi connectivity index (χ1v) is 7.13. The Labute approximate surface area is 140 Å². The molecule has 0 aliphatic rings. The summed E-state index contributed by atoms with van der Waals surface area (Å²) in [5.41, 5.74) is -0.257. The fourth-order valence-electron chi connectivity index (χ4n) is 2.06. The second-order valence-electron chi connectivity index (χ2n) is 4.97. The molecule has 0 unspecified atom stereocenters. The number of para-hydroxylation sites is 1. The van der Waals surface area contributed by atoms with Gasteiger partial charge in [-0.25, -0.2) is 23.1 Å². The lowest BCUT2D eigenvalue weighted by molar-refractivity contribution is 0.102. The molecule has 5 nitrogen and oxygen atoms in total. The summed E-state index contributed by atoms with van der Waals surface area (Å²) in [7, 11) is 0. The van der Waals surface area contributed by atoms with Gasteiger partial charge in [0.1, 0.15) is 41.0 Å². The van der Waals surface area contributed by atoms with Crippen molar-refractivity contribution < 1.29 is 18.0 Å². The zero-order chi connectivity index (χ0) is 17.8. The largest absolute Gasteiger partial charge is 0.340 e. The van der Waals surface area contributed by atoms with Crippen LogP contribution >= 0.6 is 0 Å². The highest BCUT2D eigenvalue weighted by Gasteiger charge is 2.15. The molecule has 0 fully saturated rings. The van der Waals surface area contributed by atoms with Gasteiger partial charge in [-0.1, -0.05) is 12.1 Å². The summed E-state index contributed by atoms with van der Waals surface area (Å²) in [6, 6.07) is 10.2. The SMILES string of the molecule is O=C(Nc1c(F)cccc1F)c1cc(Nc2cccc(F)c2)ncn1. The first kappa shape index (κ1) is 16.4. The molecule has 0 aliphatic carbocycles. The first-order valence-electron chi connectivity index (χ1n) is 7.13. The lowest BCUT2D eigenvalue weighted by Gasteiger charge is -2.09. The molecule has 0 aliphatic heterocycles. The molecule has 1 aromatic heterocycles. The monoisotopic (exact) mass is 344 g/mol. The minimum absolute atomic E-state index is 0.114. The van der Waals surface area contributed by atoms with Gasteiger partial charge in [-0.2, -0.15) is 0 Å². The number of nitrogens with one attached hydrogen (secondary N) is 2. The molecule has 2 aromatic carbocycles. The number of nitrogens with zero attached hydrogens (tertiary/aromatic N) is 2. The highest BCUT2D eigenvalue weighted by Crippen LogP contribution is 2.20. The number of halogens is 3. The van der Waals surface area contributed by atoms with E-state index in [1.54, 1.807) is 6.07 Å². The second kappa shape index (κ2) is 7.00. The Kier molecular flexibility index (Phi) is 4.60. The summed E-state index contributed by atoms with van der Waals surface area (Å²) in [6.07, 6.45) is 1.11. The fraction of sp³-hybridized carbons (Fsp3) is 0. The lowest BCUT2D eigenvalue weighted by Crippen LogP contribution is -2.16. The van der Waals surface area contributed by atoms with Crippen molar-refractivity contribution in [1.29, 1.82) is 0 Å². The van der Waals surface area contributed by atoms with Crippen molar-refractivity contribution in [2.45, 2.75) is 0 Å². The van der Waals surface area contributed by atoms with Gasteiger partial charge in [0.25, 0.3) is 5.91 Å². The third-order valence-corrected chi connectivity index (χ3v) is 3.20. The van der Waals surface area contributed by atoms with Crippen molar-refractivity contribution in [3.05, 3.63) is 78.0 Å². The smallest absolute Gasteiger partial charge is 0.274 e. The number of amides is 1. The Morgan fingerprint density at radius 1 is 0.920 bits per heavy atom. The van der Waals surface area contributed by atoms with E-state index in [0.29, 0.717) is 5.69 Å². The molecule has 3 aromatic rings. The van der Waals surface area contributed by atoms with Gasteiger partial charge in [-0.15, -0.1) is 0 Å². The molecule has 0 atom stereocenters. The van der Waals surface area contributed by atoms with Crippen molar-refractivity contribution in [3.8, 4) is 0 Å². The molecular weight excluding hydrogens is 333 g/mol. The molecule has 2 N–H and O–H groups in total. The predicted molar refractivity (Wildman–Crippen MR) is 86.0 cm³/mol. The van der Waals surface area contributed by atoms with E-state index in [4.69, 9.17) is 0 Å². The summed E-state index contributed by atoms with van der Waals surface area (Å²) in [4.78, 5) is 19.8. The zero-order valence-corrected chi connectivity index (χ0v) is 12.6. The van der Waals surface area contributed by atoms with Gasteiger partial charge >= 0.3 is 0 Å². The van der Waals surface area contributed by atoms with Crippen LogP contribution in [0.5, 0.6) is 0 Å². The molecule has 126 valence electrons. The molecule has 0 radical (unpaired) electrons. The number of carbonyl (C=O) groups is 1. The number of anilines is 3. The molecule has 0 spiro atoms. The van der Waals surface area contributed by atoms with E-state index in [1.807, 2.05) is 0 Å². The molecule has 3 rings (SSSR count). The van der Waals surface area contributed by atoms with Gasteiger partial charge in [-0.05, 0) is 30.3 Å². The van der Waals surface area contributed by atoms with Gasteiger partial charge in [0.15, 0.2) is 0 Å². The number of hydrogen-bond acceptors (Lipinski definition) is 4. The Bertz CT molecular complexity index is 913. The van der Waals surface area contributed by atoms with Gasteiger partial charge in [0.2, 0.25) is 0 Å². The van der Waals surface area contributed by atoms with Crippen LogP contribution in [0, 0.1) is 17.5 Å². The lowest BCUT2D eigenvalue weighted by atomic mass is 10.2. The van der Waals surface area contributed by atoms with Crippen molar-refractivity contribution in [2.24, 2.45) is 0 Å². The van der Waals surface area contributed by atoms with Gasteiger partial charge < -0.3 is 10.6 Å². The average Bonchev–Trinajstić information content (AvgIpc) is 2.58. The number of hydrogen-bond donors (Lipinski definition) is 2. The minimum atomic E-state index is -0.902. The standard InChI is InChI=1S/C17H11F3N4O/c18-10-3-1-4-11(7-10)23-15-8-14(21-9-22-15)17(25)24-16-12(19)5-2-6-13(16)20/h1-9H,(H,24,25)(H,21,22,23). The molecule has 1 amide bonds. The van der Waals surface area contributed by atoms with E-state index >= 15 is 0 Å². The molecule has 0 saturated heterocycles. The third kappa shape index (κ3) is 3.92. The minimum Gasteiger partial charge on any atom is -0.340 e. The van der Waals surface area contributed by atoms with E-state index in [-0.39, 0.29) is 11.5 Å². The Morgan fingerprint density at radius 2 is 1.64 bits per heavy atom. The van der Waals surface area contributed by atoms with Crippen molar-refractivity contribution in [1.82, 2.24) is 9.97 Å². The third-order valence-electron chi connectivity index (χ3n) is 3.20. The quantitative estimate of drug-likeness (QED) is 0.753. The molecular formula is C17H11F3N4O. The summed E-state index contributed by atoms with van der Waals surface area (Å²) in [5.74, 6) is -2.83.